The molecule has 1 heterocycles. The maximum atomic E-state index is 13.1. The van der Waals surface area contributed by atoms with Gasteiger partial charge in [0.05, 0.1) is 6.20 Å². The van der Waals surface area contributed by atoms with Gasteiger partial charge in [0.15, 0.2) is 5.82 Å². The van der Waals surface area contributed by atoms with Crippen molar-refractivity contribution in [1.82, 2.24) is 4.98 Å². The maximum Gasteiger partial charge on any atom is 0.214 e. The van der Waals surface area contributed by atoms with Crippen molar-refractivity contribution < 1.29 is 9.13 Å². The first-order valence-corrected chi connectivity index (χ1v) is 5.88. The molecule has 0 unspecified atom stereocenters. The van der Waals surface area contributed by atoms with Crippen LogP contribution in [0.25, 0.3) is 0 Å². The van der Waals surface area contributed by atoms with Crippen molar-refractivity contribution in [2.24, 2.45) is 0 Å². The van der Waals surface area contributed by atoms with Crippen LogP contribution >= 0.6 is 11.8 Å². The summed E-state index contributed by atoms with van der Waals surface area (Å²) in [7, 11) is 0. The van der Waals surface area contributed by atoms with Crippen LogP contribution in [0.5, 0.6) is 5.88 Å². The maximum absolute atomic E-state index is 13.1. The summed E-state index contributed by atoms with van der Waals surface area (Å²) >= 11 is 1.37. The zero-order valence-electron chi connectivity index (χ0n) is 8.00. The molecular formula is C10H12FNOS. The minimum atomic E-state index is -0.279. The van der Waals surface area contributed by atoms with Gasteiger partial charge in [-0.15, -0.1) is 11.8 Å². The second-order valence-corrected chi connectivity index (χ2v) is 4.18. The standard InChI is InChI=1S/C10H12FNOS/c1-14-9-5-10(12-6-8(9)11)13-7-3-2-4-7/h5-7H,2-4H2,1H3. The lowest BCUT2D eigenvalue weighted by Crippen LogP contribution is -2.24. The second-order valence-electron chi connectivity index (χ2n) is 3.33. The summed E-state index contributed by atoms with van der Waals surface area (Å²) < 4.78 is 18.6. The highest BCUT2D eigenvalue weighted by Gasteiger charge is 2.19. The van der Waals surface area contributed by atoms with Gasteiger partial charge in [0.25, 0.3) is 0 Å². The summed E-state index contributed by atoms with van der Waals surface area (Å²) in [5.41, 5.74) is 0. The van der Waals surface area contributed by atoms with Crippen LogP contribution in [0.2, 0.25) is 0 Å². The molecule has 1 aromatic heterocycles. The largest absolute Gasteiger partial charge is 0.474 e. The monoisotopic (exact) mass is 213 g/mol. The van der Waals surface area contributed by atoms with Crippen molar-refractivity contribution in [1.29, 1.82) is 0 Å². The Morgan fingerprint density at radius 2 is 2.36 bits per heavy atom. The van der Waals surface area contributed by atoms with Crippen LogP contribution < -0.4 is 4.74 Å². The first-order valence-electron chi connectivity index (χ1n) is 4.66. The molecule has 4 heteroatoms. The van der Waals surface area contributed by atoms with Crippen molar-refractivity contribution >= 4 is 11.8 Å². The highest BCUT2D eigenvalue weighted by molar-refractivity contribution is 7.98. The lowest BCUT2D eigenvalue weighted by Gasteiger charge is -2.25. The zero-order chi connectivity index (χ0) is 9.97. The zero-order valence-corrected chi connectivity index (χ0v) is 8.81. The predicted molar refractivity (Wildman–Crippen MR) is 54.2 cm³/mol. The molecule has 0 amide bonds. The van der Waals surface area contributed by atoms with Crippen molar-refractivity contribution in [3.8, 4) is 5.88 Å². The van der Waals surface area contributed by atoms with E-state index in [1.54, 1.807) is 6.07 Å². The average Bonchev–Trinajstić information content (AvgIpc) is 2.14. The number of rotatable bonds is 3. The minimum Gasteiger partial charge on any atom is -0.474 e. The van der Waals surface area contributed by atoms with E-state index in [4.69, 9.17) is 4.74 Å². The van der Waals surface area contributed by atoms with Crippen molar-refractivity contribution in [2.45, 2.75) is 30.3 Å². The van der Waals surface area contributed by atoms with E-state index >= 15 is 0 Å². The number of ether oxygens (including phenoxy) is 1. The molecule has 0 bridgehead atoms. The lowest BCUT2D eigenvalue weighted by atomic mass is 9.96. The summed E-state index contributed by atoms with van der Waals surface area (Å²) in [6.45, 7) is 0. The fraction of sp³-hybridized carbons (Fsp3) is 0.500. The van der Waals surface area contributed by atoms with Gasteiger partial charge >= 0.3 is 0 Å². The van der Waals surface area contributed by atoms with Gasteiger partial charge in [-0.25, -0.2) is 9.37 Å². The molecule has 0 radical (unpaired) electrons. The van der Waals surface area contributed by atoms with E-state index in [9.17, 15) is 4.39 Å². The third-order valence-electron chi connectivity index (χ3n) is 2.35. The smallest absolute Gasteiger partial charge is 0.214 e. The van der Waals surface area contributed by atoms with E-state index < -0.39 is 0 Å². The molecule has 0 spiro atoms. The number of thioether (sulfide) groups is 1. The highest BCUT2D eigenvalue weighted by Crippen LogP contribution is 2.27. The Labute approximate surface area is 86.9 Å². The molecule has 2 rings (SSSR count). The van der Waals surface area contributed by atoms with E-state index in [2.05, 4.69) is 4.98 Å². The lowest BCUT2D eigenvalue weighted by molar-refractivity contribution is 0.114. The van der Waals surface area contributed by atoms with Gasteiger partial charge in [0.2, 0.25) is 5.88 Å². The quantitative estimate of drug-likeness (QED) is 0.721. The Kier molecular flexibility index (Phi) is 2.91. The van der Waals surface area contributed by atoms with E-state index in [0.29, 0.717) is 16.9 Å². The van der Waals surface area contributed by atoms with Crippen molar-refractivity contribution in [3.63, 3.8) is 0 Å². The van der Waals surface area contributed by atoms with Gasteiger partial charge in [0, 0.05) is 11.0 Å². The second kappa shape index (κ2) is 4.17. The molecule has 0 N–H and O–H groups in total. The summed E-state index contributed by atoms with van der Waals surface area (Å²) in [6.07, 6.45) is 6.76. The highest BCUT2D eigenvalue weighted by atomic mass is 32.2. The average molecular weight is 213 g/mol. The molecule has 1 aliphatic carbocycles. The Bertz CT molecular complexity index is 328. The Balaban J connectivity index is 2.09. The number of pyridine rings is 1. The molecule has 0 saturated heterocycles. The van der Waals surface area contributed by atoms with Gasteiger partial charge in [0.1, 0.15) is 6.10 Å². The molecule has 0 aliphatic heterocycles. The molecule has 2 nitrogen and oxygen atoms in total. The third-order valence-corrected chi connectivity index (χ3v) is 3.11. The first-order chi connectivity index (χ1) is 6.79. The molecule has 1 aromatic rings. The van der Waals surface area contributed by atoms with Crippen LogP contribution in [0.3, 0.4) is 0 Å². The van der Waals surface area contributed by atoms with E-state index in [1.165, 1.54) is 24.4 Å². The van der Waals surface area contributed by atoms with Gasteiger partial charge in [-0.1, -0.05) is 0 Å². The minimum absolute atomic E-state index is 0.279. The van der Waals surface area contributed by atoms with Crippen molar-refractivity contribution in [2.75, 3.05) is 6.26 Å². The van der Waals surface area contributed by atoms with Crippen LogP contribution in [0.4, 0.5) is 4.39 Å². The molecule has 1 saturated carbocycles. The van der Waals surface area contributed by atoms with Crippen LogP contribution in [-0.4, -0.2) is 17.3 Å². The molecule has 1 fully saturated rings. The number of halogens is 1. The normalized spacial score (nSPS) is 16.4. The number of hydrogen-bond donors (Lipinski definition) is 0. The summed E-state index contributed by atoms with van der Waals surface area (Å²) in [5, 5.41) is 0. The molecule has 76 valence electrons. The first kappa shape index (κ1) is 9.77. The van der Waals surface area contributed by atoms with Crippen LogP contribution in [0.15, 0.2) is 17.2 Å². The molecule has 1 aliphatic rings. The predicted octanol–water partition coefficient (Wildman–Crippen LogP) is 2.87. The number of nitrogens with zero attached hydrogens (tertiary/aromatic N) is 1. The van der Waals surface area contributed by atoms with Gasteiger partial charge in [-0.2, -0.15) is 0 Å². The van der Waals surface area contributed by atoms with E-state index in [-0.39, 0.29) is 5.82 Å². The number of hydrogen-bond acceptors (Lipinski definition) is 3. The van der Waals surface area contributed by atoms with Crippen LogP contribution in [0, 0.1) is 5.82 Å². The van der Waals surface area contributed by atoms with E-state index in [0.717, 1.165) is 12.8 Å². The Morgan fingerprint density at radius 3 is 2.93 bits per heavy atom. The summed E-state index contributed by atoms with van der Waals surface area (Å²) in [6, 6.07) is 1.66. The van der Waals surface area contributed by atoms with Crippen LogP contribution in [-0.2, 0) is 0 Å². The Hall–Kier alpha value is -0.770. The molecular weight excluding hydrogens is 201 g/mol. The number of aromatic nitrogens is 1. The van der Waals surface area contributed by atoms with Gasteiger partial charge < -0.3 is 4.74 Å². The van der Waals surface area contributed by atoms with Crippen molar-refractivity contribution in [3.05, 3.63) is 18.1 Å². The van der Waals surface area contributed by atoms with Crippen LogP contribution in [0.1, 0.15) is 19.3 Å². The van der Waals surface area contributed by atoms with E-state index in [1.807, 2.05) is 6.26 Å². The third kappa shape index (κ3) is 2.00. The molecule has 0 aromatic carbocycles. The summed E-state index contributed by atoms with van der Waals surface area (Å²) in [5.74, 6) is 0.263. The SMILES string of the molecule is CSc1cc(OC2CCC2)ncc1F. The fourth-order valence-corrected chi connectivity index (χ4v) is 1.75. The van der Waals surface area contributed by atoms with Gasteiger partial charge in [-0.3, -0.25) is 0 Å². The topological polar surface area (TPSA) is 22.1 Å². The fourth-order valence-electron chi connectivity index (χ4n) is 1.28. The summed E-state index contributed by atoms with van der Waals surface area (Å²) in [4.78, 5) is 4.49. The Morgan fingerprint density at radius 1 is 1.57 bits per heavy atom. The van der Waals surface area contributed by atoms with Gasteiger partial charge in [-0.05, 0) is 25.5 Å². The molecule has 14 heavy (non-hydrogen) atoms. The molecule has 0 atom stereocenters.